The molecule has 0 saturated carbocycles. The zero-order chi connectivity index (χ0) is 20.4. The van der Waals surface area contributed by atoms with Crippen LogP contribution >= 0.6 is 24.0 Å². The Labute approximate surface area is 190 Å². The fraction of sp³-hybridized carbons (Fsp3) is 0.650. The van der Waals surface area contributed by atoms with Crippen LogP contribution in [-0.2, 0) is 15.9 Å². The van der Waals surface area contributed by atoms with Crippen LogP contribution in [0.4, 0.5) is 0 Å². The molecule has 2 unspecified atom stereocenters. The van der Waals surface area contributed by atoms with Crippen LogP contribution < -0.4 is 24.8 Å². The highest BCUT2D eigenvalue weighted by Crippen LogP contribution is 2.34. The molecular weight excluding hydrogens is 489 g/mol. The predicted octanol–water partition coefficient (Wildman–Crippen LogP) is 2.23. The number of hydrogen-bond donors (Lipinski definition) is 2. The molecule has 2 N–H and O–H groups in total. The smallest absolute Gasteiger partial charge is 0.191 e. The average Bonchev–Trinajstić information content (AvgIpc) is 3.24. The molecule has 1 aromatic carbocycles. The molecule has 0 radical (unpaired) electrons. The fourth-order valence-corrected chi connectivity index (χ4v) is 3.02. The van der Waals surface area contributed by atoms with E-state index in [2.05, 4.69) is 22.5 Å². The van der Waals surface area contributed by atoms with E-state index in [1.54, 1.807) is 28.4 Å². The van der Waals surface area contributed by atoms with E-state index in [9.17, 15) is 0 Å². The van der Waals surface area contributed by atoms with Crippen molar-refractivity contribution in [2.75, 3.05) is 54.7 Å². The van der Waals surface area contributed by atoms with Gasteiger partial charge in [0.25, 0.3) is 0 Å². The third-order valence-electron chi connectivity index (χ3n) is 4.56. The van der Waals surface area contributed by atoms with Gasteiger partial charge in [-0.15, -0.1) is 24.0 Å². The zero-order valence-electron chi connectivity index (χ0n) is 17.9. The second-order valence-corrected chi connectivity index (χ2v) is 6.62. The van der Waals surface area contributed by atoms with Gasteiger partial charge in [0.15, 0.2) is 5.96 Å². The molecule has 0 aliphatic carbocycles. The molecule has 0 spiro atoms. The summed E-state index contributed by atoms with van der Waals surface area (Å²) in [6.45, 7) is 4.81. The summed E-state index contributed by atoms with van der Waals surface area (Å²) in [4.78, 5) is 4.28. The van der Waals surface area contributed by atoms with Gasteiger partial charge in [-0.1, -0.05) is 0 Å². The van der Waals surface area contributed by atoms with E-state index in [0.29, 0.717) is 31.9 Å². The summed E-state index contributed by atoms with van der Waals surface area (Å²) in [5.74, 6) is 2.90. The van der Waals surface area contributed by atoms with Gasteiger partial charge in [0, 0.05) is 43.9 Å². The molecule has 1 aliphatic heterocycles. The maximum absolute atomic E-state index is 5.85. The lowest BCUT2D eigenvalue weighted by atomic mass is 10.1. The van der Waals surface area contributed by atoms with Crippen molar-refractivity contribution < 1.29 is 23.7 Å². The van der Waals surface area contributed by atoms with Gasteiger partial charge in [0.2, 0.25) is 0 Å². The minimum Gasteiger partial charge on any atom is -0.496 e. The maximum atomic E-state index is 5.85. The van der Waals surface area contributed by atoms with Crippen molar-refractivity contribution in [2.45, 2.75) is 31.9 Å². The van der Waals surface area contributed by atoms with E-state index >= 15 is 0 Å². The normalized spacial score (nSPS) is 17.3. The number of rotatable bonds is 10. The number of nitrogens with zero attached hydrogens (tertiary/aromatic N) is 1. The van der Waals surface area contributed by atoms with E-state index in [1.807, 2.05) is 12.1 Å². The van der Waals surface area contributed by atoms with E-state index in [-0.39, 0.29) is 36.1 Å². The summed E-state index contributed by atoms with van der Waals surface area (Å²) in [6, 6.07) is 3.85. The minimum absolute atomic E-state index is 0. The third-order valence-corrected chi connectivity index (χ3v) is 4.56. The van der Waals surface area contributed by atoms with Gasteiger partial charge in [-0.2, -0.15) is 0 Å². The third kappa shape index (κ3) is 8.06. The zero-order valence-corrected chi connectivity index (χ0v) is 20.3. The van der Waals surface area contributed by atoms with Crippen LogP contribution in [0.3, 0.4) is 0 Å². The first kappa shape index (κ1) is 25.6. The van der Waals surface area contributed by atoms with Crippen LogP contribution in [0.15, 0.2) is 17.1 Å². The molecule has 2 rings (SSSR count). The average molecular weight is 523 g/mol. The monoisotopic (exact) mass is 523 g/mol. The first-order valence-electron chi connectivity index (χ1n) is 9.56. The molecule has 1 saturated heterocycles. The van der Waals surface area contributed by atoms with Crippen LogP contribution in [0.5, 0.6) is 17.2 Å². The minimum atomic E-state index is 0. The molecule has 8 nitrogen and oxygen atoms in total. The number of ether oxygens (including phenoxy) is 5. The summed E-state index contributed by atoms with van der Waals surface area (Å²) < 4.78 is 27.5. The number of nitrogens with one attached hydrogen (secondary N) is 2. The van der Waals surface area contributed by atoms with Gasteiger partial charge >= 0.3 is 0 Å². The standard InChI is InChI=1S/C20H33N3O5.HI/c1-14(12-28-15-7-9-27-13-15)23-20(21-2)22-8-6-17-18(25-4)10-16(24-3)11-19(17)26-5;/h10-11,14-15H,6-9,12-13H2,1-5H3,(H2,21,22,23);1H. The van der Waals surface area contributed by atoms with E-state index in [0.717, 1.165) is 36.0 Å². The Morgan fingerprint density at radius 2 is 1.90 bits per heavy atom. The van der Waals surface area contributed by atoms with Crippen molar-refractivity contribution in [1.29, 1.82) is 0 Å². The van der Waals surface area contributed by atoms with Crippen LogP contribution in [-0.4, -0.2) is 72.8 Å². The Morgan fingerprint density at radius 1 is 1.21 bits per heavy atom. The number of benzene rings is 1. The first-order valence-corrected chi connectivity index (χ1v) is 9.56. The highest BCUT2D eigenvalue weighted by Gasteiger charge is 2.17. The summed E-state index contributed by atoms with van der Waals surface area (Å²) in [5, 5.41) is 6.67. The summed E-state index contributed by atoms with van der Waals surface area (Å²) >= 11 is 0. The Balaban J connectivity index is 0.00000420. The first-order chi connectivity index (χ1) is 13.6. The van der Waals surface area contributed by atoms with Gasteiger partial charge < -0.3 is 34.3 Å². The molecule has 2 atom stereocenters. The van der Waals surface area contributed by atoms with Crippen molar-refractivity contribution >= 4 is 29.9 Å². The van der Waals surface area contributed by atoms with Gasteiger partial charge in [0.05, 0.1) is 40.6 Å². The Hall–Kier alpha value is -1.46. The van der Waals surface area contributed by atoms with Crippen molar-refractivity contribution in [2.24, 2.45) is 4.99 Å². The topological polar surface area (TPSA) is 82.6 Å². The molecule has 1 aliphatic rings. The molecular formula is C20H34IN3O5. The lowest BCUT2D eigenvalue weighted by Gasteiger charge is -2.20. The Bertz CT molecular complexity index is 614. The fourth-order valence-electron chi connectivity index (χ4n) is 3.02. The van der Waals surface area contributed by atoms with Crippen LogP contribution in [0.1, 0.15) is 18.9 Å². The Kier molecular flexibility index (Phi) is 12.1. The highest BCUT2D eigenvalue weighted by molar-refractivity contribution is 14.0. The molecule has 0 aromatic heterocycles. The highest BCUT2D eigenvalue weighted by atomic mass is 127. The Morgan fingerprint density at radius 3 is 2.41 bits per heavy atom. The molecule has 9 heteroatoms. The SMILES string of the molecule is CN=C(NCCc1c(OC)cc(OC)cc1OC)NC(C)COC1CCOC1.I. The maximum Gasteiger partial charge on any atom is 0.191 e. The second kappa shape index (κ2) is 13.7. The van der Waals surface area contributed by atoms with Gasteiger partial charge in [0.1, 0.15) is 17.2 Å². The molecule has 0 bridgehead atoms. The molecule has 0 amide bonds. The predicted molar refractivity (Wildman–Crippen MR) is 124 cm³/mol. The lowest BCUT2D eigenvalue weighted by Crippen LogP contribution is -2.45. The van der Waals surface area contributed by atoms with E-state index in [1.165, 1.54) is 0 Å². The summed E-state index contributed by atoms with van der Waals surface area (Å²) in [6.07, 6.45) is 1.88. The summed E-state index contributed by atoms with van der Waals surface area (Å²) in [7, 11) is 6.66. The van der Waals surface area contributed by atoms with Crippen molar-refractivity contribution in [3.05, 3.63) is 17.7 Å². The van der Waals surface area contributed by atoms with Crippen molar-refractivity contribution in [1.82, 2.24) is 10.6 Å². The number of methoxy groups -OCH3 is 3. The number of halogens is 1. The summed E-state index contributed by atoms with van der Waals surface area (Å²) in [5.41, 5.74) is 0.978. The number of guanidine groups is 1. The molecule has 1 aromatic rings. The number of aliphatic imine (C=N–C) groups is 1. The van der Waals surface area contributed by atoms with Gasteiger partial charge in [-0.25, -0.2) is 0 Å². The van der Waals surface area contributed by atoms with Crippen LogP contribution in [0.2, 0.25) is 0 Å². The van der Waals surface area contributed by atoms with E-state index < -0.39 is 0 Å². The largest absolute Gasteiger partial charge is 0.496 e. The molecule has 166 valence electrons. The number of hydrogen-bond acceptors (Lipinski definition) is 6. The van der Waals surface area contributed by atoms with Gasteiger partial charge in [-0.3, -0.25) is 4.99 Å². The van der Waals surface area contributed by atoms with Crippen LogP contribution in [0.25, 0.3) is 0 Å². The molecule has 1 heterocycles. The molecule has 1 fully saturated rings. The van der Waals surface area contributed by atoms with Gasteiger partial charge in [-0.05, 0) is 19.8 Å². The van der Waals surface area contributed by atoms with Crippen LogP contribution in [0, 0.1) is 0 Å². The second-order valence-electron chi connectivity index (χ2n) is 6.62. The van der Waals surface area contributed by atoms with Crippen molar-refractivity contribution in [3.8, 4) is 17.2 Å². The van der Waals surface area contributed by atoms with Crippen molar-refractivity contribution in [3.63, 3.8) is 0 Å². The van der Waals surface area contributed by atoms with E-state index in [4.69, 9.17) is 23.7 Å². The molecule has 29 heavy (non-hydrogen) atoms. The quantitative estimate of drug-likeness (QED) is 0.277. The lowest BCUT2D eigenvalue weighted by molar-refractivity contribution is 0.0347.